The van der Waals surface area contributed by atoms with Crippen LogP contribution in [0.2, 0.25) is 0 Å². The van der Waals surface area contributed by atoms with E-state index in [9.17, 15) is 19.2 Å². The molecule has 0 radical (unpaired) electrons. The van der Waals surface area contributed by atoms with Crippen LogP contribution in [0.25, 0.3) is 0 Å². The van der Waals surface area contributed by atoms with Crippen LogP contribution in [0.3, 0.4) is 0 Å². The maximum atomic E-state index is 13.2. The predicted octanol–water partition coefficient (Wildman–Crippen LogP) is 12.4. The summed E-state index contributed by atoms with van der Waals surface area (Å²) in [6, 6.07) is 0. The van der Waals surface area contributed by atoms with Crippen LogP contribution >= 0.6 is 0 Å². The number of carbonyl (C=O) groups excluding carboxylic acids is 4. The van der Waals surface area contributed by atoms with Crippen molar-refractivity contribution in [3.05, 3.63) is 11.6 Å². The monoisotopic (exact) mass is 1070 g/mol. The number of amides is 1. The van der Waals surface area contributed by atoms with Crippen LogP contribution in [0.5, 0.6) is 0 Å². The zero-order chi connectivity index (χ0) is 55.3. The molecule has 2 aliphatic heterocycles. The van der Waals surface area contributed by atoms with Gasteiger partial charge in [0.15, 0.2) is 30.9 Å². The average Bonchev–Trinajstić information content (AvgIpc) is 3.80. The predicted molar refractivity (Wildman–Crippen MR) is 295 cm³/mol. The first-order chi connectivity index (χ1) is 36.1. The third-order valence-corrected chi connectivity index (χ3v) is 20.1. The number of ether oxygens (including phenoxy) is 8. The van der Waals surface area contributed by atoms with E-state index in [1.165, 1.54) is 72.1 Å². The lowest BCUT2D eigenvalue weighted by Crippen LogP contribution is -2.61. The highest BCUT2D eigenvalue weighted by Gasteiger charge is 2.59. The fourth-order valence-electron chi connectivity index (χ4n) is 15.3. The Bertz CT molecular complexity index is 1880. The van der Waals surface area contributed by atoms with Crippen molar-refractivity contribution in [2.75, 3.05) is 39.4 Å². The molecule has 5 fully saturated rings. The summed E-state index contributed by atoms with van der Waals surface area (Å²) in [5, 5.41) is 3.09. The van der Waals surface area contributed by atoms with E-state index in [1.54, 1.807) is 12.5 Å². The number of allylic oxidation sites excluding steroid dienone is 1. The second kappa shape index (κ2) is 29.1. The Labute approximate surface area is 459 Å². The molecular formula is C62H106N2O12. The van der Waals surface area contributed by atoms with Gasteiger partial charge in [0.25, 0.3) is 0 Å². The zero-order valence-electron chi connectivity index (χ0n) is 49.7. The molecule has 76 heavy (non-hydrogen) atoms. The molecule has 2 saturated heterocycles. The highest BCUT2D eigenvalue weighted by molar-refractivity contribution is 5.68. The van der Waals surface area contributed by atoms with E-state index in [1.807, 2.05) is 0 Å². The Morgan fingerprint density at radius 3 is 1.92 bits per heavy atom. The van der Waals surface area contributed by atoms with Crippen molar-refractivity contribution in [2.24, 2.45) is 64.1 Å². The second-order valence-electron chi connectivity index (χ2n) is 25.8. The summed E-state index contributed by atoms with van der Waals surface area (Å²) in [7, 11) is 0. The zero-order valence-corrected chi connectivity index (χ0v) is 49.7. The molecule has 0 aromatic carbocycles. The molecule has 4 aliphatic carbocycles. The molecule has 436 valence electrons. The van der Waals surface area contributed by atoms with Gasteiger partial charge in [-0.2, -0.15) is 0 Å². The summed E-state index contributed by atoms with van der Waals surface area (Å²) in [5.74, 6) is 4.47. The van der Waals surface area contributed by atoms with Crippen molar-refractivity contribution in [1.29, 1.82) is 0 Å². The number of nitrogens with one attached hydrogen (secondary N) is 1. The molecule has 0 spiro atoms. The molecule has 0 aromatic rings. The third-order valence-electron chi connectivity index (χ3n) is 20.1. The summed E-state index contributed by atoms with van der Waals surface area (Å²) in [6.07, 6.45) is 17.5. The van der Waals surface area contributed by atoms with Gasteiger partial charge in [-0.25, -0.2) is 4.79 Å². The lowest BCUT2D eigenvalue weighted by Gasteiger charge is -2.58. The molecule has 1 N–H and O–H groups in total. The van der Waals surface area contributed by atoms with Gasteiger partial charge < -0.3 is 48.1 Å². The Kier molecular flexibility index (Phi) is 23.9. The molecule has 0 aromatic heterocycles. The summed E-state index contributed by atoms with van der Waals surface area (Å²) in [4.78, 5) is 52.0. The molecule has 6 aliphatic rings. The minimum Gasteiger partial charge on any atom is -0.456 e. The lowest BCUT2D eigenvalue weighted by atomic mass is 9.47. The van der Waals surface area contributed by atoms with E-state index in [0.29, 0.717) is 49.3 Å². The SMILES string of the molecule is CC(=O)OC1[C@H](OCCCCN(CCCCCNC(=O)O[C@@H]2CC[C@@]3(C)C(=CC[C@H]4[C@@H]5CC[C@H]([C@H](C)CCCC(C)C)[C@@]5(C)CC[C@@H]43)C2)CCCCO[C@@H]2OC(C)[C@H](C)[C@H](C)C2C)OC(C)[C@H](OC(C)=O)[C@@H]1OC(C)=O. The first-order valence-corrected chi connectivity index (χ1v) is 30.5. The summed E-state index contributed by atoms with van der Waals surface area (Å²) >= 11 is 0. The number of hydrogen-bond acceptors (Lipinski definition) is 13. The fourth-order valence-corrected chi connectivity index (χ4v) is 15.3. The van der Waals surface area contributed by atoms with Gasteiger partial charge in [-0.1, -0.05) is 92.7 Å². The average molecular weight is 1070 g/mol. The fraction of sp³-hybridized carbons (Fsp3) is 0.903. The summed E-state index contributed by atoms with van der Waals surface area (Å²) < 4.78 is 47.5. The maximum absolute atomic E-state index is 13.2. The Balaban J connectivity index is 0.932. The van der Waals surface area contributed by atoms with Gasteiger partial charge in [-0.15, -0.1) is 0 Å². The largest absolute Gasteiger partial charge is 0.456 e. The van der Waals surface area contributed by atoms with Gasteiger partial charge in [0, 0.05) is 52.9 Å². The van der Waals surface area contributed by atoms with Crippen LogP contribution in [0.4, 0.5) is 4.79 Å². The number of carbonyl (C=O) groups is 4. The molecule has 2 heterocycles. The third kappa shape index (κ3) is 16.4. The van der Waals surface area contributed by atoms with Crippen LogP contribution in [0.1, 0.15) is 206 Å². The number of hydrogen-bond donors (Lipinski definition) is 1. The topological polar surface area (TPSA) is 157 Å². The minimum absolute atomic E-state index is 0.0579. The van der Waals surface area contributed by atoms with Crippen molar-refractivity contribution in [3.8, 4) is 0 Å². The number of fused-ring (bicyclic) bond motifs is 5. The van der Waals surface area contributed by atoms with E-state index < -0.39 is 48.6 Å². The van der Waals surface area contributed by atoms with Gasteiger partial charge in [0.1, 0.15) is 6.10 Å². The van der Waals surface area contributed by atoms with Crippen molar-refractivity contribution >= 4 is 24.0 Å². The maximum Gasteiger partial charge on any atom is 0.407 e. The summed E-state index contributed by atoms with van der Waals surface area (Å²) in [5.41, 5.74) is 2.27. The normalized spacial score (nSPS) is 36.6. The molecule has 14 heteroatoms. The van der Waals surface area contributed by atoms with E-state index in [-0.39, 0.29) is 30.0 Å². The first-order valence-electron chi connectivity index (χ1n) is 30.5. The van der Waals surface area contributed by atoms with Crippen molar-refractivity contribution in [2.45, 2.75) is 255 Å². The number of esters is 3. The lowest BCUT2D eigenvalue weighted by molar-refractivity contribution is -0.300. The van der Waals surface area contributed by atoms with Crippen LogP contribution in [-0.4, -0.2) is 117 Å². The number of alkyl carbamates (subject to hydrolysis) is 1. The molecule has 6 rings (SSSR count). The van der Waals surface area contributed by atoms with Crippen molar-refractivity contribution in [1.82, 2.24) is 10.2 Å². The van der Waals surface area contributed by atoms with Gasteiger partial charge >= 0.3 is 24.0 Å². The smallest absolute Gasteiger partial charge is 0.407 e. The van der Waals surface area contributed by atoms with Gasteiger partial charge in [0.2, 0.25) is 0 Å². The van der Waals surface area contributed by atoms with Gasteiger partial charge in [-0.05, 0) is 175 Å². The first kappa shape index (κ1) is 62.4. The second-order valence-corrected chi connectivity index (χ2v) is 25.8. The van der Waals surface area contributed by atoms with E-state index in [0.717, 1.165) is 113 Å². The van der Waals surface area contributed by atoms with E-state index in [2.05, 4.69) is 78.6 Å². The summed E-state index contributed by atoms with van der Waals surface area (Å²) in [6.45, 7) is 31.2. The van der Waals surface area contributed by atoms with Crippen molar-refractivity contribution < 1.29 is 57.1 Å². The van der Waals surface area contributed by atoms with Crippen LogP contribution in [-0.2, 0) is 52.3 Å². The number of unbranched alkanes of at least 4 members (excludes halogenated alkanes) is 4. The Morgan fingerprint density at radius 2 is 1.26 bits per heavy atom. The number of nitrogens with zero attached hydrogens (tertiary/aromatic N) is 1. The molecule has 3 saturated carbocycles. The standard InChI is InChI=1S/C62H106N2O12/c1-39(2)22-21-23-40(3)52-26-27-53-51-25-24-49-38-50(28-30-61(49,12)54(51)29-31-62(52,53)13)76-60(68)63-32-15-14-16-33-64(34-17-19-36-69-58-43(6)41(4)42(5)44(7)71-58)35-18-20-37-70-59-57(75-48(11)67)56(74-47(10)66)55(45(8)72-59)73-46(9)65/h24,39-45,50-59H,14-23,25-38H2,1-13H3,(H,63,68)/t40-,41+,42-,43?,44?,45?,50-,51+,52-,53+,54+,55+,56+,57?,58-,59-,61+,62-/m1/s1. The van der Waals surface area contributed by atoms with Crippen molar-refractivity contribution in [3.63, 3.8) is 0 Å². The van der Waals surface area contributed by atoms with Crippen LogP contribution < -0.4 is 5.32 Å². The minimum atomic E-state index is -1.12. The molecule has 0 bridgehead atoms. The van der Waals surface area contributed by atoms with Gasteiger partial charge in [0.05, 0.1) is 12.2 Å². The van der Waals surface area contributed by atoms with E-state index >= 15 is 0 Å². The van der Waals surface area contributed by atoms with Crippen LogP contribution in [0, 0.1) is 64.1 Å². The Morgan fingerprint density at radius 1 is 0.645 bits per heavy atom. The quantitative estimate of drug-likeness (QED) is 0.0359. The number of rotatable bonds is 27. The molecular weight excluding hydrogens is 965 g/mol. The van der Waals surface area contributed by atoms with Crippen LogP contribution in [0.15, 0.2) is 11.6 Å². The molecule has 18 atom stereocenters. The molecule has 1 amide bonds. The highest BCUT2D eigenvalue weighted by atomic mass is 16.7. The molecule has 4 unspecified atom stereocenters. The van der Waals surface area contributed by atoms with E-state index in [4.69, 9.17) is 37.9 Å². The Hall–Kier alpha value is -2.78. The van der Waals surface area contributed by atoms with Gasteiger partial charge in [-0.3, -0.25) is 14.4 Å². The highest BCUT2D eigenvalue weighted by Crippen LogP contribution is 2.67. The molecule has 14 nitrogen and oxygen atoms in total.